The molecule has 2 heterocycles. The Balaban J connectivity index is 1.92. The number of hydrogen-bond acceptors (Lipinski definition) is 3. The number of alkyl halides is 9. The maximum absolute atomic E-state index is 13.8. The van der Waals surface area contributed by atoms with Crippen LogP contribution < -0.4 is 0 Å². The summed E-state index contributed by atoms with van der Waals surface area (Å²) in [6.45, 7) is -1.75. The molecule has 182 valence electrons. The van der Waals surface area contributed by atoms with E-state index in [1.807, 2.05) is 0 Å². The molecule has 0 spiro atoms. The van der Waals surface area contributed by atoms with Crippen molar-refractivity contribution in [3.05, 3.63) is 47.3 Å². The number of hydrogen-bond donors (Lipinski definition) is 0. The van der Waals surface area contributed by atoms with Crippen LogP contribution >= 0.6 is 0 Å². The molecule has 1 aliphatic heterocycles. The molecule has 14 heteroatoms. The van der Waals surface area contributed by atoms with E-state index < -0.39 is 53.5 Å². The number of carbonyl (C=O) groups is 1. The van der Waals surface area contributed by atoms with Crippen molar-refractivity contribution < 1.29 is 44.3 Å². The van der Waals surface area contributed by atoms with E-state index in [-0.39, 0.29) is 37.3 Å². The lowest BCUT2D eigenvalue weighted by atomic mass is 10.1. The van der Waals surface area contributed by atoms with Gasteiger partial charge in [0, 0.05) is 26.2 Å². The second-order valence-corrected chi connectivity index (χ2v) is 7.40. The average Bonchev–Trinajstić information content (AvgIpc) is 3.02. The van der Waals surface area contributed by atoms with Crippen molar-refractivity contribution in [1.29, 1.82) is 0 Å². The molecular weight excluding hydrogens is 471 g/mol. The predicted octanol–water partition coefficient (Wildman–Crippen LogP) is 4.62. The fourth-order valence-corrected chi connectivity index (χ4v) is 3.54. The van der Waals surface area contributed by atoms with E-state index in [0.717, 1.165) is 21.9 Å². The molecule has 3 rings (SSSR count). The van der Waals surface area contributed by atoms with Gasteiger partial charge in [-0.25, -0.2) is 4.68 Å². The molecule has 0 N–H and O–H groups in total. The van der Waals surface area contributed by atoms with Gasteiger partial charge in [-0.2, -0.15) is 44.6 Å². The van der Waals surface area contributed by atoms with Gasteiger partial charge in [-0.3, -0.25) is 9.69 Å². The maximum atomic E-state index is 13.8. The van der Waals surface area contributed by atoms with Gasteiger partial charge in [0.05, 0.1) is 29.6 Å². The lowest BCUT2D eigenvalue weighted by molar-refractivity contribution is -0.145. The molecule has 2 aromatic rings. The minimum absolute atomic E-state index is 0.00108. The van der Waals surface area contributed by atoms with Crippen LogP contribution in [-0.4, -0.2) is 64.4 Å². The summed E-state index contributed by atoms with van der Waals surface area (Å²) in [5, 5.41) is 3.50. The van der Waals surface area contributed by atoms with Crippen LogP contribution in [0.5, 0.6) is 0 Å². The van der Waals surface area contributed by atoms with Crippen molar-refractivity contribution in [2.45, 2.75) is 24.9 Å². The van der Waals surface area contributed by atoms with Crippen LogP contribution in [0.3, 0.4) is 0 Å². The van der Waals surface area contributed by atoms with Crippen molar-refractivity contribution in [2.75, 3.05) is 32.7 Å². The molecule has 0 aliphatic carbocycles. The van der Waals surface area contributed by atoms with Crippen LogP contribution in [0.2, 0.25) is 0 Å². The van der Waals surface area contributed by atoms with Crippen molar-refractivity contribution in [1.82, 2.24) is 19.6 Å². The predicted molar refractivity (Wildman–Crippen MR) is 96.6 cm³/mol. The highest BCUT2D eigenvalue weighted by Crippen LogP contribution is 2.36. The first-order chi connectivity index (χ1) is 15.2. The summed E-state index contributed by atoms with van der Waals surface area (Å²) in [7, 11) is 0. The monoisotopic (exact) mass is 488 g/mol. The zero-order chi connectivity index (χ0) is 24.6. The summed E-state index contributed by atoms with van der Waals surface area (Å²) >= 11 is 0. The van der Waals surface area contributed by atoms with Crippen molar-refractivity contribution in [3.8, 4) is 5.69 Å². The van der Waals surface area contributed by atoms with Gasteiger partial charge in [0.2, 0.25) is 0 Å². The molecule has 1 amide bonds. The molecule has 0 radical (unpaired) electrons. The Hall–Kier alpha value is -2.77. The van der Waals surface area contributed by atoms with E-state index in [4.69, 9.17) is 0 Å². The first-order valence-electron chi connectivity index (χ1n) is 9.58. The third kappa shape index (κ3) is 5.97. The first kappa shape index (κ1) is 24.9. The zero-order valence-corrected chi connectivity index (χ0v) is 16.7. The van der Waals surface area contributed by atoms with Crippen molar-refractivity contribution >= 4 is 5.91 Å². The van der Waals surface area contributed by atoms with Gasteiger partial charge in [0.25, 0.3) is 5.91 Å². The minimum atomic E-state index is -5.15. The van der Waals surface area contributed by atoms with E-state index >= 15 is 0 Å². The molecule has 1 aliphatic rings. The van der Waals surface area contributed by atoms with Crippen LogP contribution in [0, 0.1) is 0 Å². The highest BCUT2D eigenvalue weighted by molar-refractivity contribution is 5.95. The highest BCUT2D eigenvalue weighted by atomic mass is 19.4. The van der Waals surface area contributed by atoms with Crippen LogP contribution in [0.1, 0.15) is 28.0 Å². The van der Waals surface area contributed by atoms with Gasteiger partial charge in [0.1, 0.15) is 0 Å². The van der Waals surface area contributed by atoms with Crippen LogP contribution in [0.25, 0.3) is 5.69 Å². The third-order valence-corrected chi connectivity index (χ3v) is 4.96. The van der Waals surface area contributed by atoms with Crippen LogP contribution in [0.15, 0.2) is 30.5 Å². The summed E-state index contributed by atoms with van der Waals surface area (Å²) in [6.07, 6.45) is -13.7. The molecule has 0 unspecified atom stereocenters. The Bertz CT molecular complexity index is 994. The number of amides is 1. The normalized spacial score (nSPS) is 16.7. The molecule has 1 aromatic heterocycles. The number of rotatable bonds is 3. The van der Waals surface area contributed by atoms with E-state index in [1.165, 1.54) is 0 Å². The second kappa shape index (κ2) is 8.88. The zero-order valence-electron chi connectivity index (χ0n) is 16.7. The Morgan fingerprint density at radius 1 is 0.909 bits per heavy atom. The van der Waals surface area contributed by atoms with Crippen LogP contribution in [-0.2, 0) is 12.4 Å². The van der Waals surface area contributed by atoms with E-state index in [9.17, 15) is 44.3 Å². The molecule has 0 atom stereocenters. The smallest absolute Gasteiger partial charge is 0.337 e. The largest absolute Gasteiger partial charge is 0.434 e. The number of benzene rings is 1. The average molecular weight is 488 g/mol. The lowest BCUT2D eigenvalue weighted by Crippen LogP contribution is -2.39. The standard InChI is InChI=1S/C19H17F9N4O/c20-17(21,22)11-30-5-2-6-31(8-7-30)16(33)14-10-29-32(15(14)19(26,27)28)13-4-1-3-12(9-13)18(23,24)25/h1,3-4,9-10H,2,5-8,11H2. The SMILES string of the molecule is O=C(c1cnn(-c2cccc(C(F)(F)F)c2)c1C(F)(F)F)N1CCCN(CC(F)(F)F)CC1. The number of aromatic nitrogens is 2. The van der Waals surface area contributed by atoms with Gasteiger partial charge < -0.3 is 4.90 Å². The Morgan fingerprint density at radius 3 is 2.21 bits per heavy atom. The molecule has 1 aromatic carbocycles. The molecule has 33 heavy (non-hydrogen) atoms. The number of nitrogens with zero attached hydrogens (tertiary/aromatic N) is 4. The van der Waals surface area contributed by atoms with Gasteiger partial charge >= 0.3 is 18.5 Å². The molecular formula is C19H17F9N4O. The van der Waals surface area contributed by atoms with E-state index in [2.05, 4.69) is 5.10 Å². The number of carbonyl (C=O) groups excluding carboxylic acids is 1. The summed E-state index contributed by atoms with van der Waals surface area (Å²) in [6, 6.07) is 3.03. The fourth-order valence-electron chi connectivity index (χ4n) is 3.54. The van der Waals surface area contributed by atoms with Crippen molar-refractivity contribution in [2.24, 2.45) is 0 Å². The van der Waals surface area contributed by atoms with Gasteiger partial charge in [-0.15, -0.1) is 0 Å². The van der Waals surface area contributed by atoms with Gasteiger partial charge in [-0.05, 0) is 24.6 Å². The summed E-state index contributed by atoms with van der Waals surface area (Å²) < 4.78 is 118. The molecule has 0 saturated carbocycles. The first-order valence-corrected chi connectivity index (χ1v) is 9.58. The Morgan fingerprint density at radius 2 is 1.61 bits per heavy atom. The topological polar surface area (TPSA) is 41.4 Å². The fraction of sp³-hybridized carbons (Fsp3) is 0.474. The quantitative estimate of drug-likeness (QED) is 0.593. The third-order valence-electron chi connectivity index (χ3n) is 4.96. The maximum Gasteiger partial charge on any atom is 0.434 e. The highest BCUT2D eigenvalue weighted by Gasteiger charge is 2.42. The number of halogens is 9. The molecule has 1 saturated heterocycles. The molecule has 5 nitrogen and oxygen atoms in total. The van der Waals surface area contributed by atoms with E-state index in [0.29, 0.717) is 18.3 Å². The second-order valence-electron chi connectivity index (χ2n) is 7.40. The summed E-state index contributed by atoms with van der Waals surface area (Å²) in [5.41, 5.74) is -4.22. The summed E-state index contributed by atoms with van der Waals surface area (Å²) in [5.74, 6) is -1.12. The summed E-state index contributed by atoms with van der Waals surface area (Å²) in [4.78, 5) is 14.9. The Kier molecular flexibility index (Phi) is 6.69. The lowest BCUT2D eigenvalue weighted by Gasteiger charge is -2.23. The Labute approximate surface area is 181 Å². The van der Waals surface area contributed by atoms with Gasteiger partial charge in [-0.1, -0.05) is 6.07 Å². The van der Waals surface area contributed by atoms with E-state index in [1.54, 1.807) is 0 Å². The van der Waals surface area contributed by atoms with Crippen molar-refractivity contribution in [3.63, 3.8) is 0 Å². The minimum Gasteiger partial charge on any atom is -0.337 e. The molecule has 0 bridgehead atoms. The molecule has 1 fully saturated rings. The van der Waals surface area contributed by atoms with Crippen LogP contribution in [0.4, 0.5) is 39.5 Å². The van der Waals surface area contributed by atoms with Gasteiger partial charge in [0.15, 0.2) is 5.69 Å².